The van der Waals surface area contributed by atoms with Gasteiger partial charge in [0.25, 0.3) is 11.8 Å². The number of carbonyl (C=O) groups excluding carboxylic acids is 2. The summed E-state index contributed by atoms with van der Waals surface area (Å²) in [7, 11) is 0. The number of aryl methyl sites for hydroxylation is 1. The number of carbonyl (C=O) groups is 2. The highest BCUT2D eigenvalue weighted by Gasteiger charge is 2.55. The third kappa shape index (κ3) is 4.02. The number of rotatable bonds is 7. The molecule has 1 unspecified atom stereocenters. The summed E-state index contributed by atoms with van der Waals surface area (Å²) in [5.41, 5.74) is 1.43. The molecule has 3 aromatic rings. The largest absolute Gasteiger partial charge is 0.456 e. The van der Waals surface area contributed by atoms with Crippen LogP contribution in [0, 0.1) is 18.3 Å². The molecule has 1 saturated heterocycles. The molecule has 1 aliphatic carbocycles. The molecule has 1 atom stereocenters. The fraction of sp³-hybridized carbons (Fsp3) is 0.409. The molecule has 0 aromatic carbocycles. The maximum atomic E-state index is 13.1. The van der Waals surface area contributed by atoms with Crippen molar-refractivity contribution >= 4 is 24.6 Å². The second-order valence-corrected chi connectivity index (χ2v) is 8.77. The van der Waals surface area contributed by atoms with E-state index >= 15 is 0 Å². The van der Waals surface area contributed by atoms with E-state index in [1.165, 1.54) is 17.2 Å². The second-order valence-electron chi connectivity index (χ2n) is 8.77. The number of hydrogen-bond donors (Lipinski definition) is 2. The van der Waals surface area contributed by atoms with Gasteiger partial charge in [0.05, 0.1) is 6.20 Å². The van der Waals surface area contributed by atoms with Crippen LogP contribution in [0.2, 0.25) is 0 Å². The topological polar surface area (TPSA) is 147 Å². The van der Waals surface area contributed by atoms with Gasteiger partial charge in [-0.3, -0.25) is 19.7 Å². The molecule has 2 aliphatic rings. The van der Waals surface area contributed by atoms with Crippen molar-refractivity contribution in [3.05, 3.63) is 47.4 Å². The van der Waals surface area contributed by atoms with Crippen molar-refractivity contribution in [3.63, 3.8) is 0 Å². The molecule has 176 valence electrons. The summed E-state index contributed by atoms with van der Waals surface area (Å²) in [5, 5.41) is 20.8. The predicted octanol–water partition coefficient (Wildman–Crippen LogP) is 1.63. The number of aromatic nitrogens is 6. The molecule has 0 bridgehead atoms. The number of furan rings is 1. The van der Waals surface area contributed by atoms with Gasteiger partial charge < -0.3 is 14.6 Å². The van der Waals surface area contributed by atoms with Gasteiger partial charge in [-0.1, -0.05) is 0 Å². The van der Waals surface area contributed by atoms with Crippen LogP contribution in [0.15, 0.2) is 34.2 Å². The van der Waals surface area contributed by atoms with Crippen molar-refractivity contribution < 1.29 is 14.0 Å². The van der Waals surface area contributed by atoms with Gasteiger partial charge in [0.1, 0.15) is 17.7 Å². The van der Waals surface area contributed by atoms with Gasteiger partial charge >= 0.3 is 0 Å². The zero-order chi connectivity index (χ0) is 23.7. The van der Waals surface area contributed by atoms with Gasteiger partial charge in [-0.05, 0) is 66.8 Å². The smallest absolute Gasteiger partial charge is 0.287 e. The first-order valence-corrected chi connectivity index (χ1v) is 11.1. The zero-order valence-corrected chi connectivity index (χ0v) is 18.8. The van der Waals surface area contributed by atoms with Gasteiger partial charge in [0.2, 0.25) is 0 Å². The van der Waals surface area contributed by atoms with E-state index in [1.54, 1.807) is 25.3 Å². The van der Waals surface area contributed by atoms with Crippen molar-refractivity contribution in [3.8, 4) is 5.82 Å². The highest BCUT2D eigenvalue weighted by Crippen LogP contribution is 2.59. The van der Waals surface area contributed by atoms with Crippen molar-refractivity contribution in [1.29, 1.82) is 0 Å². The molecule has 5 rings (SSSR count). The molecule has 34 heavy (non-hydrogen) atoms. The first-order chi connectivity index (χ1) is 16.5. The van der Waals surface area contributed by atoms with E-state index < -0.39 is 0 Å². The van der Waals surface area contributed by atoms with Crippen LogP contribution in [0.1, 0.15) is 51.5 Å². The maximum Gasteiger partial charge on any atom is 0.287 e. The van der Waals surface area contributed by atoms with Gasteiger partial charge in [-0.15, -0.1) is 5.10 Å². The molecule has 3 aromatic heterocycles. The number of aromatic amines is 1. The average Bonchev–Trinajstić information content (AvgIpc) is 3.34. The van der Waals surface area contributed by atoms with E-state index in [1.807, 2.05) is 4.90 Å². The lowest BCUT2D eigenvalue weighted by Gasteiger charge is -2.33. The third-order valence-corrected chi connectivity index (χ3v) is 6.88. The predicted molar refractivity (Wildman–Crippen MR) is 121 cm³/mol. The van der Waals surface area contributed by atoms with Crippen LogP contribution >= 0.6 is 0 Å². The van der Waals surface area contributed by atoms with E-state index in [9.17, 15) is 9.59 Å². The van der Waals surface area contributed by atoms with Crippen molar-refractivity contribution in [2.75, 3.05) is 19.6 Å². The number of aliphatic imine (C=N–C) groups is 1. The van der Waals surface area contributed by atoms with Crippen molar-refractivity contribution in [2.45, 2.75) is 26.2 Å². The van der Waals surface area contributed by atoms with Crippen molar-refractivity contribution in [2.24, 2.45) is 16.3 Å². The fourth-order valence-electron chi connectivity index (χ4n) is 4.74. The van der Waals surface area contributed by atoms with Crippen LogP contribution < -0.4 is 5.32 Å². The van der Waals surface area contributed by atoms with E-state index in [0.29, 0.717) is 42.7 Å². The summed E-state index contributed by atoms with van der Waals surface area (Å²) in [6.07, 6.45) is 9.09. The lowest BCUT2D eigenvalue weighted by Crippen LogP contribution is -2.40. The molecule has 12 heteroatoms. The van der Waals surface area contributed by atoms with E-state index in [2.05, 4.69) is 42.7 Å². The van der Waals surface area contributed by atoms with Gasteiger partial charge in [0, 0.05) is 31.4 Å². The summed E-state index contributed by atoms with van der Waals surface area (Å²) in [6, 6.07) is 1.71. The van der Waals surface area contributed by atoms with Crippen LogP contribution in [0.3, 0.4) is 0 Å². The summed E-state index contributed by atoms with van der Waals surface area (Å²) < 4.78 is 6.97. The Morgan fingerprint density at radius 1 is 1.41 bits per heavy atom. The number of nitrogens with zero attached hydrogens (tertiary/aromatic N) is 7. The van der Waals surface area contributed by atoms with E-state index in [0.717, 1.165) is 24.8 Å². The lowest BCUT2D eigenvalue weighted by molar-refractivity contribution is 0.0668. The molecular weight excluding hydrogens is 438 g/mol. The van der Waals surface area contributed by atoms with Crippen LogP contribution in [-0.4, -0.2) is 73.5 Å². The Morgan fingerprint density at radius 3 is 2.97 bits per heavy atom. The number of amides is 2. The Kier molecular flexibility index (Phi) is 5.56. The van der Waals surface area contributed by atoms with Crippen LogP contribution in [0.5, 0.6) is 0 Å². The average molecular weight is 464 g/mol. The SMILES string of the molecule is C=N/C=C\c1cc(C(=O)NCC2CC23CCN(C(=O)c2cn[nH]c2-n2cnnn2)CC3)oc1C. The Morgan fingerprint density at radius 2 is 2.24 bits per heavy atom. The van der Waals surface area contributed by atoms with Crippen LogP contribution in [0.25, 0.3) is 11.9 Å². The van der Waals surface area contributed by atoms with E-state index in [4.69, 9.17) is 4.42 Å². The number of nitrogens with one attached hydrogen (secondary N) is 2. The highest BCUT2D eigenvalue weighted by atomic mass is 16.3. The Balaban J connectivity index is 1.13. The third-order valence-electron chi connectivity index (χ3n) is 6.88. The number of piperidine rings is 1. The molecule has 2 fully saturated rings. The quantitative estimate of drug-likeness (QED) is 0.506. The summed E-state index contributed by atoms with van der Waals surface area (Å²) >= 11 is 0. The fourth-order valence-corrected chi connectivity index (χ4v) is 4.74. The molecule has 1 spiro atoms. The van der Waals surface area contributed by atoms with Gasteiger partial charge in [0.15, 0.2) is 11.6 Å². The molecule has 0 radical (unpaired) electrons. The second kappa shape index (κ2) is 8.69. The van der Waals surface area contributed by atoms with Crippen LogP contribution in [-0.2, 0) is 0 Å². The van der Waals surface area contributed by atoms with Crippen molar-refractivity contribution in [1.82, 2.24) is 40.6 Å². The highest BCUT2D eigenvalue weighted by molar-refractivity contribution is 5.97. The minimum Gasteiger partial charge on any atom is -0.456 e. The Labute approximate surface area is 195 Å². The Bertz CT molecular complexity index is 1230. The summed E-state index contributed by atoms with van der Waals surface area (Å²) in [5.74, 6) is 1.48. The number of tetrazole rings is 1. The Hall–Kier alpha value is -4.09. The van der Waals surface area contributed by atoms with Gasteiger partial charge in [-0.2, -0.15) is 9.78 Å². The first kappa shape index (κ1) is 21.7. The molecule has 2 amide bonds. The zero-order valence-electron chi connectivity index (χ0n) is 18.8. The normalized spacial score (nSPS) is 19.0. The minimum absolute atomic E-state index is 0.0932. The molecule has 2 N–H and O–H groups in total. The molecule has 4 heterocycles. The number of likely N-dealkylation sites (tertiary alicyclic amines) is 1. The standard InChI is InChI=1S/C22H25N9O3/c1-14-15(3-6-23-2)9-18(34-14)20(32)24-11-16-10-22(16)4-7-30(8-5-22)21(33)17-12-25-27-19(17)31-13-26-28-29-31/h3,6,9,12-13,16H,2,4-5,7-8,10-11H2,1H3,(H,24,32)(H,25,27)/b6-3-. The minimum atomic E-state index is -0.223. The molecule has 1 aliphatic heterocycles. The summed E-state index contributed by atoms with van der Waals surface area (Å²) in [4.78, 5) is 31.1. The van der Waals surface area contributed by atoms with E-state index in [-0.39, 0.29) is 23.0 Å². The number of hydrogen-bond acceptors (Lipinski definition) is 8. The molecule has 12 nitrogen and oxygen atoms in total. The first-order valence-electron chi connectivity index (χ1n) is 11.1. The monoisotopic (exact) mass is 463 g/mol. The lowest BCUT2D eigenvalue weighted by atomic mass is 9.90. The molecule has 1 saturated carbocycles. The number of H-pyrrole nitrogens is 1. The van der Waals surface area contributed by atoms with Crippen LogP contribution in [0.4, 0.5) is 0 Å². The van der Waals surface area contributed by atoms with Gasteiger partial charge in [-0.25, -0.2) is 0 Å². The summed E-state index contributed by atoms with van der Waals surface area (Å²) in [6.45, 7) is 7.13. The maximum absolute atomic E-state index is 13.1. The molecular formula is C22H25N9O3.